The maximum atomic E-state index is 12.3. The molecule has 2 aromatic carbocycles. The molecule has 3 rings (SSSR count). The average molecular weight is 334 g/mol. The number of ether oxygens (including phenoxy) is 1. The van der Waals surface area contributed by atoms with Crippen LogP contribution in [-0.4, -0.2) is 23.1 Å². The van der Waals surface area contributed by atoms with Gasteiger partial charge in [0, 0.05) is 29.3 Å². The predicted molar refractivity (Wildman–Crippen MR) is 96.1 cm³/mol. The minimum absolute atomic E-state index is 0.206. The zero-order valence-electron chi connectivity index (χ0n) is 13.8. The molecule has 0 radical (unpaired) electrons. The Morgan fingerprint density at radius 3 is 2.12 bits per heavy atom. The summed E-state index contributed by atoms with van der Waals surface area (Å²) < 4.78 is 6.90. The third-order valence-corrected chi connectivity index (χ3v) is 3.69. The highest BCUT2D eigenvalue weighted by atomic mass is 16.5. The number of benzene rings is 2. The molecule has 0 aliphatic rings. The van der Waals surface area contributed by atoms with E-state index in [0.717, 1.165) is 5.69 Å². The monoisotopic (exact) mass is 334 g/mol. The zero-order chi connectivity index (χ0) is 17.6. The standard InChI is InChI=1S/C20H18N2O3/c1-2-25-20(24)16-5-9-17(10-6-16)21-19(23)15-7-11-18(12-8-15)22-13-3-4-14-22/h3-14H,2H2,1H3,(H,21,23). The Kier molecular flexibility index (Phi) is 4.95. The summed E-state index contributed by atoms with van der Waals surface area (Å²) in [6.45, 7) is 2.09. The van der Waals surface area contributed by atoms with Crippen LogP contribution in [0, 0.1) is 0 Å². The summed E-state index contributed by atoms with van der Waals surface area (Å²) in [5.41, 5.74) is 2.62. The van der Waals surface area contributed by atoms with E-state index < -0.39 is 0 Å². The number of rotatable bonds is 5. The molecule has 0 aliphatic heterocycles. The van der Waals surface area contributed by atoms with E-state index in [4.69, 9.17) is 4.74 Å². The lowest BCUT2D eigenvalue weighted by molar-refractivity contribution is 0.0526. The summed E-state index contributed by atoms with van der Waals surface area (Å²) in [6.07, 6.45) is 3.89. The zero-order valence-corrected chi connectivity index (χ0v) is 13.8. The molecule has 5 heteroatoms. The lowest BCUT2D eigenvalue weighted by Crippen LogP contribution is -2.12. The van der Waals surface area contributed by atoms with E-state index >= 15 is 0 Å². The van der Waals surface area contributed by atoms with E-state index in [0.29, 0.717) is 23.4 Å². The van der Waals surface area contributed by atoms with Gasteiger partial charge in [-0.2, -0.15) is 0 Å². The fourth-order valence-electron chi connectivity index (χ4n) is 2.40. The summed E-state index contributed by atoms with van der Waals surface area (Å²) in [4.78, 5) is 23.9. The Hall–Kier alpha value is -3.34. The molecule has 25 heavy (non-hydrogen) atoms. The number of amides is 1. The van der Waals surface area contributed by atoms with Crippen molar-refractivity contribution in [2.45, 2.75) is 6.92 Å². The molecule has 0 bridgehead atoms. The first-order valence-electron chi connectivity index (χ1n) is 7.99. The van der Waals surface area contributed by atoms with Crippen molar-refractivity contribution in [2.24, 2.45) is 0 Å². The van der Waals surface area contributed by atoms with Gasteiger partial charge in [0.1, 0.15) is 0 Å². The minimum atomic E-state index is -0.374. The van der Waals surface area contributed by atoms with Crippen LogP contribution in [0.1, 0.15) is 27.6 Å². The van der Waals surface area contributed by atoms with Crippen molar-refractivity contribution in [1.82, 2.24) is 4.57 Å². The number of esters is 1. The molecular formula is C20H18N2O3. The van der Waals surface area contributed by atoms with Gasteiger partial charge in [0.2, 0.25) is 0 Å². The van der Waals surface area contributed by atoms with Crippen molar-refractivity contribution in [3.63, 3.8) is 0 Å². The van der Waals surface area contributed by atoms with Crippen molar-refractivity contribution >= 4 is 17.6 Å². The topological polar surface area (TPSA) is 60.3 Å². The van der Waals surface area contributed by atoms with Gasteiger partial charge in [-0.25, -0.2) is 4.79 Å². The molecule has 0 saturated heterocycles. The average Bonchev–Trinajstić information content (AvgIpc) is 3.17. The van der Waals surface area contributed by atoms with E-state index in [1.807, 2.05) is 41.2 Å². The number of hydrogen-bond donors (Lipinski definition) is 1. The van der Waals surface area contributed by atoms with Crippen molar-refractivity contribution in [3.05, 3.63) is 84.2 Å². The lowest BCUT2D eigenvalue weighted by atomic mass is 10.1. The molecular weight excluding hydrogens is 316 g/mol. The number of nitrogens with zero attached hydrogens (tertiary/aromatic N) is 1. The maximum Gasteiger partial charge on any atom is 0.338 e. The fraction of sp³-hybridized carbons (Fsp3) is 0.100. The second-order valence-corrected chi connectivity index (χ2v) is 5.39. The molecule has 0 saturated carbocycles. The summed E-state index contributed by atoms with van der Waals surface area (Å²) in [5.74, 6) is -0.580. The summed E-state index contributed by atoms with van der Waals surface area (Å²) in [7, 11) is 0. The second kappa shape index (κ2) is 7.49. The Morgan fingerprint density at radius 1 is 0.920 bits per heavy atom. The van der Waals surface area contributed by atoms with Crippen LogP contribution >= 0.6 is 0 Å². The summed E-state index contributed by atoms with van der Waals surface area (Å²) >= 11 is 0. The van der Waals surface area contributed by atoms with Gasteiger partial charge >= 0.3 is 5.97 Å². The van der Waals surface area contributed by atoms with Crippen LogP contribution in [0.3, 0.4) is 0 Å². The van der Waals surface area contributed by atoms with E-state index in [-0.39, 0.29) is 11.9 Å². The molecule has 5 nitrogen and oxygen atoms in total. The molecule has 126 valence electrons. The maximum absolute atomic E-state index is 12.3. The Labute approximate surface area is 145 Å². The highest BCUT2D eigenvalue weighted by Gasteiger charge is 2.09. The Balaban J connectivity index is 1.66. The van der Waals surface area contributed by atoms with Crippen LogP contribution in [0.4, 0.5) is 5.69 Å². The number of aromatic nitrogens is 1. The first-order valence-corrected chi connectivity index (χ1v) is 7.99. The van der Waals surface area contributed by atoms with Gasteiger partial charge in [-0.1, -0.05) is 0 Å². The van der Waals surface area contributed by atoms with E-state index in [9.17, 15) is 9.59 Å². The number of nitrogens with one attached hydrogen (secondary N) is 1. The summed E-state index contributed by atoms with van der Waals surface area (Å²) in [5, 5.41) is 2.81. The molecule has 1 N–H and O–H groups in total. The molecule has 0 atom stereocenters. The van der Waals surface area contributed by atoms with Crippen molar-refractivity contribution in [2.75, 3.05) is 11.9 Å². The van der Waals surface area contributed by atoms with Crippen LogP contribution in [0.15, 0.2) is 73.1 Å². The van der Waals surface area contributed by atoms with E-state index in [2.05, 4.69) is 5.32 Å². The Morgan fingerprint density at radius 2 is 1.52 bits per heavy atom. The highest BCUT2D eigenvalue weighted by molar-refractivity contribution is 6.04. The number of carbonyl (C=O) groups excluding carboxylic acids is 2. The van der Waals surface area contributed by atoms with Crippen molar-refractivity contribution in [3.8, 4) is 5.69 Å². The van der Waals surface area contributed by atoms with Crippen molar-refractivity contribution in [1.29, 1.82) is 0 Å². The van der Waals surface area contributed by atoms with E-state index in [1.54, 1.807) is 43.3 Å². The van der Waals surface area contributed by atoms with Gasteiger partial charge in [0.15, 0.2) is 0 Å². The smallest absolute Gasteiger partial charge is 0.338 e. The van der Waals surface area contributed by atoms with E-state index in [1.165, 1.54) is 0 Å². The minimum Gasteiger partial charge on any atom is -0.462 e. The quantitative estimate of drug-likeness (QED) is 0.720. The number of anilines is 1. The van der Waals surface area contributed by atoms with Gasteiger partial charge in [-0.15, -0.1) is 0 Å². The lowest BCUT2D eigenvalue weighted by Gasteiger charge is -2.08. The largest absolute Gasteiger partial charge is 0.462 e. The molecule has 3 aromatic rings. The van der Waals surface area contributed by atoms with Gasteiger partial charge in [-0.3, -0.25) is 4.79 Å². The molecule has 0 spiro atoms. The van der Waals surface area contributed by atoms with Gasteiger partial charge in [0.05, 0.1) is 12.2 Å². The van der Waals surface area contributed by atoms with Crippen LogP contribution in [0.5, 0.6) is 0 Å². The Bertz CT molecular complexity index is 851. The number of carbonyl (C=O) groups is 2. The van der Waals surface area contributed by atoms with Gasteiger partial charge < -0.3 is 14.6 Å². The van der Waals surface area contributed by atoms with Crippen molar-refractivity contribution < 1.29 is 14.3 Å². The molecule has 0 unspecified atom stereocenters. The van der Waals surface area contributed by atoms with Crippen LogP contribution in [0.2, 0.25) is 0 Å². The second-order valence-electron chi connectivity index (χ2n) is 5.39. The molecule has 1 heterocycles. The first kappa shape index (κ1) is 16.5. The molecule has 0 aliphatic carbocycles. The normalized spacial score (nSPS) is 10.3. The number of hydrogen-bond acceptors (Lipinski definition) is 3. The third-order valence-electron chi connectivity index (χ3n) is 3.69. The fourth-order valence-corrected chi connectivity index (χ4v) is 2.40. The van der Waals surface area contributed by atoms with Gasteiger partial charge in [-0.05, 0) is 67.6 Å². The van der Waals surface area contributed by atoms with Crippen LogP contribution in [0.25, 0.3) is 5.69 Å². The molecule has 1 amide bonds. The molecule has 0 fully saturated rings. The predicted octanol–water partition coefficient (Wildman–Crippen LogP) is 3.91. The van der Waals surface area contributed by atoms with Gasteiger partial charge in [0.25, 0.3) is 5.91 Å². The van der Waals surface area contributed by atoms with Crippen LogP contribution in [-0.2, 0) is 4.74 Å². The SMILES string of the molecule is CCOC(=O)c1ccc(NC(=O)c2ccc(-n3cccc3)cc2)cc1. The van der Waals surface area contributed by atoms with Crippen LogP contribution < -0.4 is 5.32 Å². The molecule has 1 aromatic heterocycles. The highest BCUT2D eigenvalue weighted by Crippen LogP contribution is 2.14. The third kappa shape index (κ3) is 3.95. The first-order chi connectivity index (χ1) is 12.2. The summed E-state index contributed by atoms with van der Waals surface area (Å²) in [6, 6.07) is 17.8.